The summed E-state index contributed by atoms with van der Waals surface area (Å²) in [5.74, 6) is 0.805. The predicted molar refractivity (Wildman–Crippen MR) is 76.3 cm³/mol. The molecule has 0 saturated heterocycles. The molecule has 1 aromatic carbocycles. The number of amidine groups is 1. The lowest BCUT2D eigenvalue weighted by atomic mass is 10.1. The fourth-order valence-corrected chi connectivity index (χ4v) is 2.12. The van der Waals surface area contributed by atoms with Gasteiger partial charge in [-0.25, -0.2) is 0 Å². The van der Waals surface area contributed by atoms with E-state index in [1.165, 1.54) is 12.8 Å². The van der Waals surface area contributed by atoms with E-state index in [0.29, 0.717) is 5.92 Å². The minimum Gasteiger partial charge on any atom is -0.409 e. The first-order chi connectivity index (χ1) is 8.58. The molecule has 18 heavy (non-hydrogen) atoms. The summed E-state index contributed by atoms with van der Waals surface area (Å²) in [4.78, 5) is 2.20. The molecule has 0 aromatic heterocycles. The second-order valence-electron chi connectivity index (χ2n) is 4.81. The van der Waals surface area contributed by atoms with Crippen molar-refractivity contribution in [3.05, 3.63) is 29.8 Å². The molecule has 3 N–H and O–H groups in total. The van der Waals surface area contributed by atoms with Gasteiger partial charge in [-0.2, -0.15) is 0 Å². The van der Waals surface area contributed by atoms with E-state index in [2.05, 4.69) is 31.0 Å². The van der Waals surface area contributed by atoms with Crippen LogP contribution in [0.2, 0.25) is 0 Å². The Labute approximate surface area is 109 Å². The Morgan fingerprint density at radius 1 is 1.50 bits per heavy atom. The van der Waals surface area contributed by atoms with Gasteiger partial charge in [-0.3, -0.25) is 0 Å². The summed E-state index contributed by atoms with van der Waals surface area (Å²) < 4.78 is 0. The van der Waals surface area contributed by atoms with Crippen LogP contribution in [-0.4, -0.2) is 24.6 Å². The van der Waals surface area contributed by atoms with Crippen molar-refractivity contribution in [3.63, 3.8) is 0 Å². The van der Waals surface area contributed by atoms with Gasteiger partial charge < -0.3 is 15.8 Å². The summed E-state index contributed by atoms with van der Waals surface area (Å²) >= 11 is 0. The number of nitrogens with zero attached hydrogens (tertiary/aromatic N) is 2. The maximum Gasteiger partial charge on any atom is 0.170 e. The number of hydrogen-bond acceptors (Lipinski definition) is 3. The number of benzene rings is 1. The Morgan fingerprint density at radius 3 is 2.83 bits per heavy atom. The molecule has 1 unspecified atom stereocenters. The van der Waals surface area contributed by atoms with Crippen molar-refractivity contribution in [3.8, 4) is 0 Å². The first-order valence-corrected chi connectivity index (χ1v) is 6.37. The van der Waals surface area contributed by atoms with Crippen LogP contribution in [-0.2, 0) is 0 Å². The lowest BCUT2D eigenvalue weighted by molar-refractivity contribution is 0.318. The molecule has 1 atom stereocenters. The molecule has 1 aromatic rings. The zero-order chi connectivity index (χ0) is 13.5. The molecule has 1 rings (SSSR count). The maximum absolute atomic E-state index is 8.68. The highest BCUT2D eigenvalue weighted by molar-refractivity contribution is 5.97. The van der Waals surface area contributed by atoms with Crippen LogP contribution in [0.1, 0.15) is 32.3 Å². The lowest BCUT2D eigenvalue weighted by Crippen LogP contribution is -2.24. The third kappa shape index (κ3) is 3.95. The number of hydrogen-bond donors (Lipinski definition) is 2. The van der Waals surface area contributed by atoms with E-state index in [1.54, 1.807) is 0 Å². The molecule has 0 bridgehead atoms. The monoisotopic (exact) mass is 249 g/mol. The van der Waals surface area contributed by atoms with Crippen LogP contribution in [0.25, 0.3) is 0 Å². The third-order valence-electron chi connectivity index (χ3n) is 3.06. The van der Waals surface area contributed by atoms with E-state index in [9.17, 15) is 0 Å². The largest absolute Gasteiger partial charge is 0.409 e. The topological polar surface area (TPSA) is 61.8 Å². The third-order valence-corrected chi connectivity index (χ3v) is 3.06. The smallest absolute Gasteiger partial charge is 0.170 e. The zero-order valence-electron chi connectivity index (χ0n) is 11.4. The quantitative estimate of drug-likeness (QED) is 0.352. The Morgan fingerprint density at radius 2 is 2.22 bits per heavy atom. The van der Waals surface area contributed by atoms with Crippen LogP contribution in [0, 0.1) is 5.92 Å². The normalized spacial score (nSPS) is 13.4. The van der Waals surface area contributed by atoms with Gasteiger partial charge in [-0.1, -0.05) is 37.6 Å². The van der Waals surface area contributed by atoms with Crippen molar-refractivity contribution in [1.29, 1.82) is 0 Å². The van der Waals surface area contributed by atoms with Gasteiger partial charge in [0, 0.05) is 24.8 Å². The minimum absolute atomic E-state index is 0.145. The van der Waals surface area contributed by atoms with Gasteiger partial charge in [0.25, 0.3) is 0 Å². The van der Waals surface area contributed by atoms with Crippen molar-refractivity contribution < 1.29 is 5.21 Å². The van der Waals surface area contributed by atoms with Gasteiger partial charge in [-0.05, 0) is 24.5 Å². The average Bonchev–Trinajstić information content (AvgIpc) is 2.38. The first kappa shape index (κ1) is 14.4. The summed E-state index contributed by atoms with van der Waals surface area (Å²) in [6.07, 6.45) is 2.43. The number of nitrogens with two attached hydrogens (primary N) is 1. The number of rotatable bonds is 6. The fourth-order valence-electron chi connectivity index (χ4n) is 2.12. The lowest BCUT2D eigenvalue weighted by Gasteiger charge is -2.23. The van der Waals surface area contributed by atoms with Crippen molar-refractivity contribution in [2.24, 2.45) is 16.8 Å². The Bertz CT molecular complexity index is 404. The van der Waals surface area contributed by atoms with Gasteiger partial charge >= 0.3 is 0 Å². The number of anilines is 1. The molecule has 0 aliphatic heterocycles. The molecule has 0 radical (unpaired) electrons. The molecule has 0 amide bonds. The fraction of sp³-hybridized carbons (Fsp3) is 0.500. The van der Waals surface area contributed by atoms with E-state index in [4.69, 9.17) is 10.9 Å². The maximum atomic E-state index is 8.68. The zero-order valence-corrected chi connectivity index (χ0v) is 11.4. The SMILES string of the molecule is CCCC(C)CN(C)c1cccc(C(N)=NO)c1. The second kappa shape index (κ2) is 6.89. The van der Waals surface area contributed by atoms with Gasteiger partial charge in [0.05, 0.1) is 0 Å². The molecule has 0 fully saturated rings. The van der Waals surface area contributed by atoms with Crippen LogP contribution < -0.4 is 10.6 Å². The molecule has 0 heterocycles. The summed E-state index contributed by atoms with van der Waals surface area (Å²) in [7, 11) is 2.07. The number of oxime groups is 1. The van der Waals surface area contributed by atoms with Crippen LogP contribution >= 0.6 is 0 Å². The van der Waals surface area contributed by atoms with Crippen LogP contribution in [0.15, 0.2) is 29.4 Å². The van der Waals surface area contributed by atoms with E-state index >= 15 is 0 Å². The predicted octanol–water partition coefficient (Wildman–Crippen LogP) is 2.65. The molecule has 0 aliphatic carbocycles. The minimum atomic E-state index is 0.145. The molecule has 100 valence electrons. The Hall–Kier alpha value is -1.71. The highest BCUT2D eigenvalue weighted by Gasteiger charge is 2.08. The van der Waals surface area contributed by atoms with E-state index in [-0.39, 0.29) is 5.84 Å². The van der Waals surface area contributed by atoms with Crippen LogP contribution in [0.4, 0.5) is 5.69 Å². The van der Waals surface area contributed by atoms with E-state index in [0.717, 1.165) is 17.8 Å². The highest BCUT2D eigenvalue weighted by Crippen LogP contribution is 2.17. The molecular weight excluding hydrogens is 226 g/mol. The Balaban J connectivity index is 2.77. The van der Waals surface area contributed by atoms with E-state index in [1.807, 2.05) is 24.3 Å². The van der Waals surface area contributed by atoms with Gasteiger partial charge in [0.2, 0.25) is 0 Å². The summed E-state index contributed by atoms with van der Waals surface area (Å²) in [5, 5.41) is 11.7. The molecule has 0 spiro atoms. The van der Waals surface area contributed by atoms with Gasteiger partial charge in [0.1, 0.15) is 0 Å². The van der Waals surface area contributed by atoms with Crippen LogP contribution in [0.5, 0.6) is 0 Å². The molecule has 0 saturated carbocycles. The first-order valence-electron chi connectivity index (χ1n) is 6.37. The molecule has 4 nitrogen and oxygen atoms in total. The van der Waals surface area contributed by atoms with Gasteiger partial charge in [0.15, 0.2) is 5.84 Å². The molecule has 4 heteroatoms. The Kier molecular flexibility index (Phi) is 5.49. The van der Waals surface area contributed by atoms with Crippen molar-refractivity contribution in [2.75, 3.05) is 18.5 Å². The van der Waals surface area contributed by atoms with Gasteiger partial charge in [-0.15, -0.1) is 0 Å². The summed E-state index contributed by atoms with van der Waals surface area (Å²) in [6, 6.07) is 7.73. The van der Waals surface area contributed by atoms with Crippen molar-refractivity contribution in [2.45, 2.75) is 26.7 Å². The van der Waals surface area contributed by atoms with Crippen LogP contribution in [0.3, 0.4) is 0 Å². The standard InChI is InChI=1S/C14H23N3O/c1-4-6-11(2)10-17(3)13-8-5-7-12(9-13)14(15)16-18/h5,7-9,11,18H,4,6,10H2,1-3H3,(H2,15,16). The highest BCUT2D eigenvalue weighted by atomic mass is 16.4. The van der Waals surface area contributed by atoms with Crippen molar-refractivity contribution in [1.82, 2.24) is 0 Å². The average molecular weight is 249 g/mol. The summed E-state index contributed by atoms with van der Waals surface area (Å²) in [6.45, 7) is 5.47. The summed E-state index contributed by atoms with van der Waals surface area (Å²) in [5.41, 5.74) is 7.42. The second-order valence-corrected chi connectivity index (χ2v) is 4.81. The van der Waals surface area contributed by atoms with Crippen molar-refractivity contribution >= 4 is 11.5 Å². The van der Waals surface area contributed by atoms with E-state index < -0.39 is 0 Å². The molecular formula is C14H23N3O. The molecule has 0 aliphatic rings.